The normalized spacial score (nSPS) is 18.3. The van der Waals surface area contributed by atoms with Gasteiger partial charge in [-0.3, -0.25) is 4.18 Å². The number of rotatable bonds is 8. The third-order valence-electron chi connectivity index (χ3n) is 5.75. The topological polar surface area (TPSA) is 145 Å². The summed E-state index contributed by atoms with van der Waals surface area (Å²) < 4.78 is 32.9. The first kappa shape index (κ1) is 22.3. The van der Waals surface area contributed by atoms with E-state index in [2.05, 4.69) is 20.3 Å². The number of anilines is 1. The number of H-pyrrole nitrogens is 1. The van der Waals surface area contributed by atoms with Crippen molar-refractivity contribution in [2.45, 2.75) is 25.3 Å². The third-order valence-corrected chi connectivity index (χ3v) is 6.21. The zero-order valence-electron chi connectivity index (χ0n) is 18.2. The summed E-state index contributed by atoms with van der Waals surface area (Å²) in [7, 11) is -3.93. The molecule has 2 aromatic heterocycles. The molecule has 0 unspecified atom stereocenters. The van der Waals surface area contributed by atoms with Crippen molar-refractivity contribution >= 4 is 27.3 Å². The molecule has 2 atom stereocenters. The maximum Gasteiger partial charge on any atom is 0.333 e. The molecule has 11 heteroatoms. The molecular formula is C23H24N6O4S. The number of imidazole rings is 1. The predicted octanol–water partition coefficient (Wildman–Crippen LogP) is 3.61. The van der Waals surface area contributed by atoms with Crippen molar-refractivity contribution in [1.82, 2.24) is 19.9 Å². The summed E-state index contributed by atoms with van der Waals surface area (Å²) >= 11 is 0. The van der Waals surface area contributed by atoms with E-state index in [0.29, 0.717) is 28.6 Å². The quantitative estimate of drug-likeness (QED) is 0.347. The number of nitrogens with zero attached hydrogens (tertiary/aromatic N) is 3. The van der Waals surface area contributed by atoms with Crippen molar-refractivity contribution in [2.24, 2.45) is 11.1 Å². The first-order valence-corrected chi connectivity index (χ1v) is 12.4. The highest BCUT2D eigenvalue weighted by Gasteiger charge is 2.27. The predicted molar refractivity (Wildman–Crippen MR) is 127 cm³/mol. The number of nitrogens with two attached hydrogens (primary N) is 1. The SMILES string of the molecule is NS(=O)(=O)OC[C@H]1CC[C@H](Nc2ncnc3[nH]c(-c4ccccc4Oc4ccccc4)nc23)C1. The molecule has 0 bridgehead atoms. The fourth-order valence-electron chi connectivity index (χ4n) is 4.17. The lowest BCUT2D eigenvalue weighted by molar-refractivity contribution is 0.256. The molecule has 5 rings (SSSR count). The Morgan fingerprint density at radius 2 is 1.85 bits per heavy atom. The second kappa shape index (κ2) is 9.37. The van der Waals surface area contributed by atoms with Crippen molar-refractivity contribution in [3.8, 4) is 22.9 Å². The van der Waals surface area contributed by atoms with Gasteiger partial charge in [-0.25, -0.2) is 20.1 Å². The van der Waals surface area contributed by atoms with Crippen molar-refractivity contribution in [2.75, 3.05) is 11.9 Å². The molecular weight excluding hydrogens is 456 g/mol. The van der Waals surface area contributed by atoms with Crippen molar-refractivity contribution in [3.05, 3.63) is 60.9 Å². The Hall–Kier alpha value is -3.54. The first-order chi connectivity index (χ1) is 16.4. The van der Waals surface area contributed by atoms with E-state index in [1.54, 1.807) is 0 Å². The Balaban J connectivity index is 1.36. The fourth-order valence-corrected chi connectivity index (χ4v) is 4.55. The van der Waals surface area contributed by atoms with Gasteiger partial charge in [0.05, 0.1) is 12.2 Å². The van der Waals surface area contributed by atoms with Crippen LogP contribution in [0.4, 0.5) is 5.82 Å². The van der Waals surface area contributed by atoms with E-state index in [1.165, 1.54) is 6.33 Å². The van der Waals surface area contributed by atoms with Gasteiger partial charge in [-0.05, 0) is 49.4 Å². The average Bonchev–Trinajstić information content (AvgIpc) is 3.46. The maximum absolute atomic E-state index is 11.1. The second-order valence-electron chi connectivity index (χ2n) is 8.21. The van der Waals surface area contributed by atoms with Crippen LogP contribution in [0.15, 0.2) is 60.9 Å². The van der Waals surface area contributed by atoms with E-state index in [1.807, 2.05) is 54.6 Å². The van der Waals surface area contributed by atoms with Gasteiger partial charge in [-0.1, -0.05) is 30.3 Å². The lowest BCUT2D eigenvalue weighted by Crippen LogP contribution is -2.21. The van der Waals surface area contributed by atoms with Crippen LogP contribution >= 0.6 is 0 Å². The van der Waals surface area contributed by atoms with Crippen molar-refractivity contribution in [3.63, 3.8) is 0 Å². The second-order valence-corrected chi connectivity index (χ2v) is 9.44. The van der Waals surface area contributed by atoms with Crippen LogP contribution in [0.2, 0.25) is 0 Å². The lowest BCUT2D eigenvalue weighted by Gasteiger charge is -2.14. The molecule has 34 heavy (non-hydrogen) atoms. The van der Waals surface area contributed by atoms with Crippen LogP contribution < -0.4 is 15.2 Å². The minimum Gasteiger partial charge on any atom is -0.457 e. The minimum absolute atomic E-state index is 0.0843. The molecule has 2 heterocycles. The van der Waals surface area contributed by atoms with Gasteiger partial charge < -0.3 is 15.0 Å². The Bertz CT molecular complexity index is 1390. The summed E-state index contributed by atoms with van der Waals surface area (Å²) in [4.78, 5) is 16.8. The molecule has 0 spiro atoms. The Morgan fingerprint density at radius 3 is 2.68 bits per heavy atom. The number of aromatic amines is 1. The highest BCUT2D eigenvalue weighted by Crippen LogP contribution is 2.34. The van der Waals surface area contributed by atoms with Crippen LogP contribution in [0.1, 0.15) is 19.3 Å². The van der Waals surface area contributed by atoms with Gasteiger partial charge in [0.15, 0.2) is 17.0 Å². The number of benzene rings is 2. The number of para-hydroxylation sites is 2. The summed E-state index contributed by atoms with van der Waals surface area (Å²) in [5.41, 5.74) is 2.03. The monoisotopic (exact) mass is 480 g/mol. The molecule has 176 valence electrons. The molecule has 4 N–H and O–H groups in total. The van der Waals surface area contributed by atoms with Crippen LogP contribution in [-0.4, -0.2) is 41.0 Å². The molecule has 2 aromatic carbocycles. The van der Waals surface area contributed by atoms with E-state index in [9.17, 15) is 8.42 Å². The lowest BCUT2D eigenvalue weighted by atomic mass is 10.1. The highest BCUT2D eigenvalue weighted by molar-refractivity contribution is 7.84. The van der Waals surface area contributed by atoms with Gasteiger partial charge in [0, 0.05) is 6.04 Å². The molecule has 1 saturated carbocycles. The molecule has 0 amide bonds. The van der Waals surface area contributed by atoms with Gasteiger partial charge in [-0.2, -0.15) is 8.42 Å². The van der Waals surface area contributed by atoms with Crippen LogP contribution in [0.3, 0.4) is 0 Å². The van der Waals surface area contributed by atoms with Crippen molar-refractivity contribution < 1.29 is 17.3 Å². The molecule has 10 nitrogen and oxygen atoms in total. The smallest absolute Gasteiger partial charge is 0.333 e. The zero-order valence-corrected chi connectivity index (χ0v) is 19.0. The van der Waals surface area contributed by atoms with Crippen LogP contribution in [0.5, 0.6) is 11.5 Å². The fraction of sp³-hybridized carbons (Fsp3) is 0.261. The molecule has 1 fully saturated rings. The van der Waals surface area contributed by atoms with Crippen LogP contribution in [-0.2, 0) is 14.5 Å². The van der Waals surface area contributed by atoms with Crippen LogP contribution in [0.25, 0.3) is 22.6 Å². The van der Waals surface area contributed by atoms with Gasteiger partial charge in [-0.15, -0.1) is 0 Å². The van der Waals surface area contributed by atoms with Crippen molar-refractivity contribution in [1.29, 1.82) is 0 Å². The number of aromatic nitrogens is 4. The van der Waals surface area contributed by atoms with E-state index in [4.69, 9.17) is 19.0 Å². The van der Waals surface area contributed by atoms with E-state index < -0.39 is 10.3 Å². The highest BCUT2D eigenvalue weighted by atomic mass is 32.2. The van der Waals surface area contributed by atoms with Gasteiger partial charge in [0.25, 0.3) is 0 Å². The molecule has 0 radical (unpaired) electrons. The number of ether oxygens (including phenoxy) is 1. The summed E-state index contributed by atoms with van der Waals surface area (Å²) in [6.07, 6.45) is 3.91. The third kappa shape index (κ3) is 5.16. The molecule has 0 saturated heterocycles. The van der Waals surface area contributed by atoms with E-state index >= 15 is 0 Å². The maximum atomic E-state index is 11.1. The first-order valence-electron chi connectivity index (χ1n) is 10.9. The number of hydrogen-bond acceptors (Lipinski definition) is 8. The summed E-state index contributed by atoms with van der Waals surface area (Å²) in [5.74, 6) is 2.74. The van der Waals surface area contributed by atoms with E-state index in [0.717, 1.165) is 30.6 Å². The van der Waals surface area contributed by atoms with Gasteiger partial charge in [0.2, 0.25) is 0 Å². The van der Waals surface area contributed by atoms with Gasteiger partial charge >= 0.3 is 10.3 Å². The Morgan fingerprint density at radius 1 is 1.06 bits per heavy atom. The average molecular weight is 481 g/mol. The largest absolute Gasteiger partial charge is 0.457 e. The molecule has 4 aromatic rings. The van der Waals surface area contributed by atoms with Crippen LogP contribution in [0, 0.1) is 5.92 Å². The number of hydrogen-bond donors (Lipinski definition) is 3. The Labute approximate surface area is 196 Å². The molecule has 0 aliphatic heterocycles. The van der Waals surface area contributed by atoms with Gasteiger partial charge in [0.1, 0.15) is 23.7 Å². The standard InChI is InChI=1S/C23H24N6O4S/c24-34(30,31)32-13-15-10-11-16(12-15)27-22-20-23(26-14-25-22)29-21(28-20)18-8-4-5-9-19(18)33-17-6-2-1-3-7-17/h1-9,14-16H,10-13H2,(H2,24,30,31)(H2,25,26,27,28,29)/t15-,16-/m0/s1. The number of fused-ring (bicyclic) bond motifs is 1. The molecule has 1 aliphatic rings. The summed E-state index contributed by atoms with van der Waals surface area (Å²) in [6, 6.07) is 17.3. The number of nitrogens with one attached hydrogen (secondary N) is 2. The van der Waals surface area contributed by atoms with E-state index in [-0.39, 0.29) is 18.6 Å². The summed E-state index contributed by atoms with van der Waals surface area (Å²) in [5, 5.41) is 8.36. The molecule has 1 aliphatic carbocycles. The Kier molecular flexibility index (Phi) is 6.14. The zero-order chi connectivity index (χ0) is 23.5. The summed E-state index contributed by atoms with van der Waals surface area (Å²) in [6.45, 7) is 0.0843. The minimum atomic E-state index is -3.93.